The van der Waals surface area contributed by atoms with Crippen molar-refractivity contribution in [3.05, 3.63) is 30.3 Å². The highest BCUT2D eigenvalue weighted by Gasteiger charge is 1.85. The molecule has 0 atom stereocenters. The minimum atomic E-state index is 0.829. The molecule has 0 radical (unpaired) electrons. The highest BCUT2D eigenvalue weighted by Crippen LogP contribution is 2.12. The predicted molar refractivity (Wildman–Crippen MR) is 39.0 cm³/mol. The van der Waals surface area contributed by atoms with Gasteiger partial charge in [0.05, 0.1) is 0 Å². The van der Waals surface area contributed by atoms with Gasteiger partial charge in [0.2, 0.25) is 0 Å². The summed E-state index contributed by atoms with van der Waals surface area (Å²) in [5.74, 6) is 0. The summed E-state index contributed by atoms with van der Waals surface area (Å²) in [6.45, 7) is 0. The molecule has 9 heavy (non-hydrogen) atoms. The molecular weight excluding hydrogens is 132 g/mol. The molecule has 0 aliphatic carbocycles. The number of benzene rings is 1. The van der Waals surface area contributed by atoms with Crippen LogP contribution in [-0.2, 0) is 4.79 Å². The number of thioether (sulfide) groups is 1. The highest BCUT2D eigenvalue weighted by atomic mass is 32.2. The number of hydrogen-bond acceptors (Lipinski definition) is 2. The summed E-state index contributed by atoms with van der Waals surface area (Å²) in [5.41, 5.74) is 0.829. The van der Waals surface area contributed by atoms with E-state index in [1.54, 1.807) is 0 Å². The first kappa shape index (κ1) is 6.36. The standard InChI is InChI=1S/C7H6OS/c8-6-9-7-4-2-1-3-5-7/h1-6H. The van der Waals surface area contributed by atoms with Gasteiger partial charge < -0.3 is 0 Å². The SMILES string of the molecule is O=CSc1ccccc1. The highest BCUT2D eigenvalue weighted by molar-refractivity contribution is 8.11. The summed E-state index contributed by atoms with van der Waals surface area (Å²) >= 11 is 1.19. The predicted octanol–water partition coefficient (Wildman–Crippen LogP) is 1.97. The maximum absolute atomic E-state index is 9.94. The summed E-state index contributed by atoms with van der Waals surface area (Å²) in [5, 5.41) is 0. The molecule has 0 aliphatic rings. The van der Waals surface area contributed by atoms with Crippen molar-refractivity contribution in [3.8, 4) is 0 Å². The van der Waals surface area contributed by atoms with Crippen LogP contribution in [0, 0.1) is 0 Å². The Morgan fingerprint density at radius 3 is 2.44 bits per heavy atom. The molecule has 0 aromatic heterocycles. The van der Waals surface area contributed by atoms with E-state index in [1.807, 2.05) is 30.3 Å². The molecule has 2 heteroatoms. The second-order valence-corrected chi connectivity index (χ2v) is 2.43. The number of rotatable bonds is 2. The Balaban J connectivity index is 2.72. The van der Waals surface area contributed by atoms with Crippen molar-refractivity contribution in [1.29, 1.82) is 0 Å². The summed E-state index contributed by atoms with van der Waals surface area (Å²) in [6.07, 6.45) is 0. The van der Waals surface area contributed by atoms with Crippen LogP contribution >= 0.6 is 11.8 Å². The lowest BCUT2D eigenvalue weighted by Gasteiger charge is -1.88. The normalized spacial score (nSPS) is 8.89. The van der Waals surface area contributed by atoms with Gasteiger partial charge in [0.1, 0.15) is 0 Å². The van der Waals surface area contributed by atoms with Crippen molar-refractivity contribution in [3.63, 3.8) is 0 Å². The maximum atomic E-state index is 9.94. The second kappa shape index (κ2) is 3.30. The molecule has 0 heterocycles. The van der Waals surface area contributed by atoms with Crippen LogP contribution in [0.5, 0.6) is 0 Å². The van der Waals surface area contributed by atoms with Crippen molar-refractivity contribution in [2.24, 2.45) is 0 Å². The molecule has 0 amide bonds. The van der Waals surface area contributed by atoms with E-state index in [9.17, 15) is 4.79 Å². The zero-order valence-corrected chi connectivity index (χ0v) is 5.60. The monoisotopic (exact) mass is 138 g/mol. The van der Waals surface area contributed by atoms with E-state index in [0.29, 0.717) is 0 Å². The van der Waals surface area contributed by atoms with Crippen molar-refractivity contribution in [1.82, 2.24) is 0 Å². The van der Waals surface area contributed by atoms with Crippen LogP contribution in [0.4, 0.5) is 0 Å². The minimum Gasteiger partial charge on any atom is -0.291 e. The fourth-order valence-corrected chi connectivity index (χ4v) is 0.980. The molecule has 0 spiro atoms. The Kier molecular flexibility index (Phi) is 2.33. The van der Waals surface area contributed by atoms with E-state index in [2.05, 4.69) is 0 Å². The number of carbonyl (C=O) groups is 1. The van der Waals surface area contributed by atoms with E-state index < -0.39 is 0 Å². The Morgan fingerprint density at radius 1 is 1.22 bits per heavy atom. The summed E-state index contributed by atoms with van der Waals surface area (Å²) in [6, 6.07) is 9.55. The lowest BCUT2D eigenvalue weighted by Crippen LogP contribution is -1.66. The van der Waals surface area contributed by atoms with Gasteiger partial charge in [-0.05, 0) is 12.1 Å². The Labute approximate surface area is 58.1 Å². The van der Waals surface area contributed by atoms with Gasteiger partial charge in [-0.2, -0.15) is 0 Å². The van der Waals surface area contributed by atoms with Gasteiger partial charge in [0, 0.05) is 4.90 Å². The smallest absolute Gasteiger partial charge is 0.180 e. The lowest BCUT2D eigenvalue weighted by molar-refractivity contribution is 0.570. The van der Waals surface area contributed by atoms with Crippen LogP contribution in [-0.4, -0.2) is 5.62 Å². The van der Waals surface area contributed by atoms with E-state index in [1.165, 1.54) is 11.8 Å². The molecule has 0 saturated carbocycles. The van der Waals surface area contributed by atoms with Gasteiger partial charge in [0.25, 0.3) is 0 Å². The van der Waals surface area contributed by atoms with Gasteiger partial charge in [-0.1, -0.05) is 30.0 Å². The number of hydrogen-bond donors (Lipinski definition) is 0. The first-order chi connectivity index (χ1) is 4.43. The first-order valence-electron chi connectivity index (χ1n) is 2.59. The summed E-state index contributed by atoms with van der Waals surface area (Å²) in [7, 11) is 0. The van der Waals surface area contributed by atoms with Gasteiger partial charge in [-0.25, -0.2) is 0 Å². The zero-order valence-electron chi connectivity index (χ0n) is 4.78. The van der Waals surface area contributed by atoms with Gasteiger partial charge in [0.15, 0.2) is 5.62 Å². The Hall–Kier alpha value is -0.760. The number of carbonyl (C=O) groups excluding carboxylic acids is 1. The third-order valence-corrected chi connectivity index (χ3v) is 1.57. The molecule has 1 aromatic carbocycles. The summed E-state index contributed by atoms with van der Waals surface area (Å²) in [4.78, 5) is 10.9. The van der Waals surface area contributed by atoms with E-state index in [0.717, 1.165) is 10.5 Å². The van der Waals surface area contributed by atoms with Crippen LogP contribution in [0.3, 0.4) is 0 Å². The quantitative estimate of drug-likeness (QED) is 0.459. The lowest BCUT2D eigenvalue weighted by atomic mass is 10.4. The van der Waals surface area contributed by atoms with Crippen LogP contribution in [0.1, 0.15) is 0 Å². The van der Waals surface area contributed by atoms with Gasteiger partial charge >= 0.3 is 0 Å². The van der Waals surface area contributed by atoms with Crippen LogP contribution in [0.25, 0.3) is 0 Å². The molecule has 1 rings (SSSR count). The van der Waals surface area contributed by atoms with Crippen molar-refractivity contribution in [2.75, 3.05) is 0 Å². The molecule has 0 bridgehead atoms. The molecule has 0 unspecified atom stereocenters. The Bertz CT molecular complexity index is 183. The fourth-order valence-electron chi connectivity index (χ4n) is 0.555. The third kappa shape index (κ3) is 1.90. The average Bonchev–Trinajstić information content (AvgIpc) is 1.91. The van der Waals surface area contributed by atoms with Crippen molar-refractivity contribution < 1.29 is 4.79 Å². The largest absolute Gasteiger partial charge is 0.291 e. The maximum Gasteiger partial charge on any atom is 0.180 e. The average molecular weight is 138 g/mol. The molecule has 1 aromatic rings. The molecule has 0 saturated heterocycles. The molecule has 1 nitrogen and oxygen atoms in total. The van der Waals surface area contributed by atoms with Crippen molar-refractivity contribution >= 4 is 17.4 Å². The summed E-state index contributed by atoms with van der Waals surface area (Å²) < 4.78 is 0. The first-order valence-corrected chi connectivity index (χ1v) is 3.47. The second-order valence-electron chi connectivity index (χ2n) is 1.53. The van der Waals surface area contributed by atoms with Crippen LogP contribution in [0.15, 0.2) is 35.2 Å². The van der Waals surface area contributed by atoms with E-state index in [4.69, 9.17) is 0 Å². The molecule has 0 aliphatic heterocycles. The molecule has 46 valence electrons. The zero-order chi connectivity index (χ0) is 6.53. The third-order valence-electron chi connectivity index (χ3n) is 0.927. The molecular formula is C7H6OS. The van der Waals surface area contributed by atoms with Crippen LogP contribution < -0.4 is 0 Å². The topological polar surface area (TPSA) is 17.1 Å². The van der Waals surface area contributed by atoms with Gasteiger partial charge in [-0.3, -0.25) is 4.79 Å². The molecule has 0 N–H and O–H groups in total. The van der Waals surface area contributed by atoms with E-state index >= 15 is 0 Å². The molecule has 0 fully saturated rings. The van der Waals surface area contributed by atoms with Gasteiger partial charge in [-0.15, -0.1) is 0 Å². The fraction of sp³-hybridized carbons (Fsp3) is 0. The van der Waals surface area contributed by atoms with E-state index in [-0.39, 0.29) is 0 Å². The Morgan fingerprint density at radius 2 is 1.89 bits per heavy atom. The van der Waals surface area contributed by atoms with Crippen molar-refractivity contribution in [2.45, 2.75) is 4.90 Å². The minimum absolute atomic E-state index is 0.829. The van der Waals surface area contributed by atoms with Crippen LogP contribution in [0.2, 0.25) is 0 Å².